The van der Waals surface area contributed by atoms with E-state index in [4.69, 9.17) is 9.97 Å². The molecule has 1 fully saturated rings. The van der Waals surface area contributed by atoms with Crippen molar-refractivity contribution in [3.8, 4) is 0 Å². The minimum Gasteiger partial charge on any atom is -0.365 e. The van der Waals surface area contributed by atoms with Crippen molar-refractivity contribution in [3.05, 3.63) is 59.6 Å². The zero-order chi connectivity index (χ0) is 21.1. The molecule has 1 saturated heterocycles. The van der Waals surface area contributed by atoms with Crippen molar-refractivity contribution in [2.24, 2.45) is 0 Å². The molecule has 4 rings (SSSR count). The number of nitrogens with one attached hydrogen (secondary N) is 1. The van der Waals surface area contributed by atoms with Crippen LogP contribution in [0.3, 0.4) is 0 Å². The highest BCUT2D eigenvalue weighted by Gasteiger charge is 2.25. The minimum atomic E-state index is 0.486. The van der Waals surface area contributed by atoms with Crippen LogP contribution in [0.5, 0.6) is 0 Å². The van der Waals surface area contributed by atoms with E-state index in [2.05, 4.69) is 66.7 Å². The number of rotatable bonds is 4. The largest absolute Gasteiger partial charge is 0.365 e. The molecule has 30 heavy (non-hydrogen) atoms. The summed E-state index contributed by atoms with van der Waals surface area (Å²) < 4.78 is 0. The van der Waals surface area contributed by atoms with Crippen LogP contribution in [0.4, 0.5) is 11.5 Å². The Kier molecular flexibility index (Phi) is 6.18. The number of hydrogen-bond donors (Lipinski definition) is 1. The van der Waals surface area contributed by atoms with Crippen LogP contribution >= 0.6 is 0 Å². The van der Waals surface area contributed by atoms with Gasteiger partial charge in [-0.25, -0.2) is 9.97 Å². The van der Waals surface area contributed by atoms with Gasteiger partial charge in [-0.1, -0.05) is 30.9 Å². The van der Waals surface area contributed by atoms with Crippen LogP contribution in [0.25, 0.3) is 11.6 Å². The lowest BCUT2D eigenvalue weighted by Gasteiger charge is -2.34. The summed E-state index contributed by atoms with van der Waals surface area (Å²) in [4.78, 5) is 14.4. The number of aromatic nitrogens is 2. The molecule has 5 nitrogen and oxygen atoms in total. The molecule has 0 saturated carbocycles. The third kappa shape index (κ3) is 3.99. The summed E-state index contributed by atoms with van der Waals surface area (Å²) in [6, 6.07) is 7.01. The SMILES string of the molecule is C=Cc1cccc(N2CCCc3c(ncnc3N3CCN[C@@H](C)C3)C2)c1/C(C)=C\C. The maximum absolute atomic E-state index is 4.74. The fourth-order valence-corrected chi connectivity index (χ4v) is 4.70. The first-order valence-electron chi connectivity index (χ1n) is 11.1. The molecular weight excluding hydrogens is 370 g/mol. The molecule has 1 aromatic carbocycles. The first kappa shape index (κ1) is 20.6. The van der Waals surface area contributed by atoms with Crippen molar-refractivity contribution in [1.82, 2.24) is 15.3 Å². The lowest BCUT2D eigenvalue weighted by Crippen LogP contribution is -2.49. The molecule has 2 aliphatic rings. The molecule has 0 bridgehead atoms. The number of anilines is 2. The van der Waals surface area contributed by atoms with Gasteiger partial charge in [0.15, 0.2) is 0 Å². The summed E-state index contributed by atoms with van der Waals surface area (Å²) in [5.41, 5.74) is 7.51. The van der Waals surface area contributed by atoms with Gasteiger partial charge in [-0.05, 0) is 50.8 Å². The molecular formula is C25H33N5. The third-order valence-electron chi connectivity index (χ3n) is 6.34. The molecule has 2 aromatic rings. The van der Waals surface area contributed by atoms with E-state index in [-0.39, 0.29) is 0 Å². The smallest absolute Gasteiger partial charge is 0.135 e. The number of hydrogen-bond acceptors (Lipinski definition) is 5. The number of nitrogens with zero attached hydrogens (tertiary/aromatic N) is 4. The first-order chi connectivity index (χ1) is 14.6. The molecule has 1 N–H and O–H groups in total. The van der Waals surface area contributed by atoms with Gasteiger partial charge in [-0.15, -0.1) is 0 Å². The molecule has 0 radical (unpaired) electrons. The minimum absolute atomic E-state index is 0.486. The highest BCUT2D eigenvalue weighted by Crippen LogP contribution is 2.34. The predicted molar refractivity (Wildman–Crippen MR) is 127 cm³/mol. The van der Waals surface area contributed by atoms with E-state index in [0.29, 0.717) is 6.04 Å². The maximum Gasteiger partial charge on any atom is 0.135 e. The number of benzene rings is 1. The maximum atomic E-state index is 4.74. The average molecular weight is 404 g/mol. The highest BCUT2D eigenvalue weighted by molar-refractivity contribution is 5.82. The second kappa shape index (κ2) is 9.00. The molecule has 1 aromatic heterocycles. The van der Waals surface area contributed by atoms with Gasteiger partial charge in [-0.2, -0.15) is 0 Å². The molecule has 0 amide bonds. The summed E-state index contributed by atoms with van der Waals surface area (Å²) in [7, 11) is 0. The molecule has 0 unspecified atom stereocenters. The second-order valence-electron chi connectivity index (χ2n) is 8.37. The monoisotopic (exact) mass is 403 g/mol. The van der Waals surface area contributed by atoms with Crippen LogP contribution in [0.15, 0.2) is 37.2 Å². The van der Waals surface area contributed by atoms with Gasteiger partial charge in [0.2, 0.25) is 0 Å². The highest BCUT2D eigenvalue weighted by atomic mass is 15.3. The standard InChI is InChI=1S/C25H33N5/c1-5-18(3)24-20(6-2)9-7-11-23(24)29-13-8-10-21-22(16-29)27-17-28-25(21)30-14-12-26-19(4)15-30/h5-7,9,11,17,19,26H,2,8,10,12-16H2,1,3-4H3/b18-5-/t19-/m0/s1. The van der Waals surface area contributed by atoms with Gasteiger partial charge in [0.1, 0.15) is 12.1 Å². The zero-order valence-corrected chi connectivity index (χ0v) is 18.5. The van der Waals surface area contributed by atoms with Crippen LogP contribution in [0, 0.1) is 0 Å². The molecule has 5 heteroatoms. The van der Waals surface area contributed by atoms with E-state index in [0.717, 1.165) is 57.1 Å². The molecule has 1 atom stereocenters. The Morgan fingerprint density at radius 2 is 2.10 bits per heavy atom. The average Bonchev–Trinajstić information content (AvgIpc) is 3.00. The van der Waals surface area contributed by atoms with Crippen molar-refractivity contribution >= 4 is 23.2 Å². The fourth-order valence-electron chi connectivity index (χ4n) is 4.70. The van der Waals surface area contributed by atoms with Gasteiger partial charge in [-0.3, -0.25) is 0 Å². The number of allylic oxidation sites excluding steroid dienone is 2. The quantitative estimate of drug-likeness (QED) is 0.825. The van der Waals surface area contributed by atoms with Crippen LogP contribution in [0.2, 0.25) is 0 Å². The normalized spacial score (nSPS) is 20.0. The summed E-state index contributed by atoms with van der Waals surface area (Å²) in [6.45, 7) is 15.4. The molecule has 158 valence electrons. The van der Waals surface area contributed by atoms with E-state index in [1.54, 1.807) is 6.33 Å². The van der Waals surface area contributed by atoms with E-state index in [9.17, 15) is 0 Å². The third-order valence-corrected chi connectivity index (χ3v) is 6.34. The van der Waals surface area contributed by atoms with Crippen molar-refractivity contribution in [1.29, 1.82) is 0 Å². The Bertz CT molecular complexity index is 949. The Morgan fingerprint density at radius 1 is 1.23 bits per heavy atom. The Morgan fingerprint density at radius 3 is 2.87 bits per heavy atom. The number of piperazine rings is 1. The van der Waals surface area contributed by atoms with Crippen LogP contribution in [0.1, 0.15) is 49.6 Å². The topological polar surface area (TPSA) is 44.3 Å². The van der Waals surface area contributed by atoms with E-state index >= 15 is 0 Å². The summed E-state index contributed by atoms with van der Waals surface area (Å²) in [5, 5.41) is 3.53. The van der Waals surface area contributed by atoms with Gasteiger partial charge >= 0.3 is 0 Å². The van der Waals surface area contributed by atoms with Crippen LogP contribution in [-0.4, -0.2) is 42.2 Å². The Labute approximate surface area is 180 Å². The fraction of sp³-hybridized carbons (Fsp3) is 0.440. The van der Waals surface area contributed by atoms with Gasteiger partial charge in [0, 0.05) is 49.0 Å². The van der Waals surface area contributed by atoms with E-state index < -0.39 is 0 Å². The lowest BCUT2D eigenvalue weighted by atomic mass is 9.97. The molecule has 3 heterocycles. The van der Waals surface area contributed by atoms with Crippen molar-refractivity contribution in [2.45, 2.75) is 46.2 Å². The molecule has 2 aliphatic heterocycles. The Hall–Kier alpha value is -2.66. The van der Waals surface area contributed by atoms with Gasteiger partial charge < -0.3 is 15.1 Å². The summed E-state index contributed by atoms with van der Waals surface area (Å²) in [5.74, 6) is 1.14. The number of fused-ring (bicyclic) bond motifs is 1. The van der Waals surface area contributed by atoms with Gasteiger partial charge in [0.25, 0.3) is 0 Å². The van der Waals surface area contributed by atoms with Gasteiger partial charge in [0.05, 0.1) is 12.2 Å². The van der Waals surface area contributed by atoms with Crippen LogP contribution in [-0.2, 0) is 13.0 Å². The zero-order valence-electron chi connectivity index (χ0n) is 18.5. The first-order valence-corrected chi connectivity index (χ1v) is 11.1. The Balaban J connectivity index is 1.71. The van der Waals surface area contributed by atoms with Crippen molar-refractivity contribution in [2.75, 3.05) is 36.0 Å². The predicted octanol–water partition coefficient (Wildman–Crippen LogP) is 4.29. The molecule has 0 aliphatic carbocycles. The van der Waals surface area contributed by atoms with E-state index in [1.165, 1.54) is 28.0 Å². The summed E-state index contributed by atoms with van der Waals surface area (Å²) in [6.07, 6.45) is 8.02. The molecule has 0 spiro atoms. The van der Waals surface area contributed by atoms with Crippen molar-refractivity contribution in [3.63, 3.8) is 0 Å². The second-order valence-corrected chi connectivity index (χ2v) is 8.37. The van der Waals surface area contributed by atoms with E-state index in [1.807, 2.05) is 6.08 Å². The van der Waals surface area contributed by atoms with Crippen LogP contribution < -0.4 is 15.1 Å². The summed E-state index contributed by atoms with van der Waals surface area (Å²) >= 11 is 0. The lowest BCUT2D eigenvalue weighted by molar-refractivity contribution is 0.481. The van der Waals surface area contributed by atoms with Crippen molar-refractivity contribution < 1.29 is 0 Å².